The average molecular weight is 343 g/mol. The first-order valence-corrected chi connectivity index (χ1v) is 7.54. The quantitative estimate of drug-likeness (QED) is 0.781. The van der Waals surface area contributed by atoms with E-state index in [-0.39, 0.29) is 5.91 Å². The van der Waals surface area contributed by atoms with Gasteiger partial charge in [-0.25, -0.2) is 0 Å². The maximum absolute atomic E-state index is 12.2. The molecule has 0 fully saturated rings. The Balaban J connectivity index is 2.14. The summed E-state index contributed by atoms with van der Waals surface area (Å²) in [4.78, 5) is 12.2. The molecule has 0 aliphatic rings. The molecular formula is C19H21NO5. The number of anilines is 1. The topological polar surface area (TPSA) is 66.0 Å². The molecular weight excluding hydrogens is 322 g/mol. The Kier molecular flexibility index (Phi) is 6.28. The summed E-state index contributed by atoms with van der Waals surface area (Å²) in [5.41, 5.74) is 1.32. The first-order valence-electron chi connectivity index (χ1n) is 7.54. The number of hydrogen-bond acceptors (Lipinski definition) is 5. The van der Waals surface area contributed by atoms with Crippen LogP contribution in [0, 0.1) is 0 Å². The van der Waals surface area contributed by atoms with E-state index < -0.39 is 0 Å². The van der Waals surface area contributed by atoms with Gasteiger partial charge in [-0.2, -0.15) is 0 Å². The zero-order valence-corrected chi connectivity index (χ0v) is 14.7. The normalized spacial score (nSPS) is 10.4. The smallest absolute Gasteiger partial charge is 0.248 e. The van der Waals surface area contributed by atoms with E-state index in [2.05, 4.69) is 5.32 Å². The van der Waals surface area contributed by atoms with Gasteiger partial charge in [0, 0.05) is 23.8 Å². The maximum Gasteiger partial charge on any atom is 0.248 e. The molecule has 0 saturated heterocycles. The molecule has 0 radical (unpaired) electrons. The average Bonchev–Trinajstić information content (AvgIpc) is 2.66. The van der Waals surface area contributed by atoms with Crippen molar-refractivity contribution in [3.8, 4) is 23.0 Å². The summed E-state index contributed by atoms with van der Waals surface area (Å²) in [7, 11) is 6.24. The first-order chi connectivity index (χ1) is 12.1. The molecule has 25 heavy (non-hydrogen) atoms. The number of ether oxygens (including phenoxy) is 4. The van der Waals surface area contributed by atoms with Crippen molar-refractivity contribution < 1.29 is 23.7 Å². The lowest BCUT2D eigenvalue weighted by Crippen LogP contribution is -2.09. The molecule has 0 aliphatic heterocycles. The Bertz CT molecular complexity index is 770. The highest BCUT2D eigenvalue weighted by molar-refractivity contribution is 6.03. The van der Waals surface area contributed by atoms with E-state index in [1.54, 1.807) is 57.7 Å². The highest BCUT2D eigenvalue weighted by atomic mass is 16.5. The zero-order chi connectivity index (χ0) is 18.2. The van der Waals surface area contributed by atoms with Crippen molar-refractivity contribution in [1.82, 2.24) is 0 Å². The summed E-state index contributed by atoms with van der Waals surface area (Å²) in [5.74, 6) is 2.17. The van der Waals surface area contributed by atoms with Gasteiger partial charge in [0.1, 0.15) is 23.0 Å². The second-order valence-corrected chi connectivity index (χ2v) is 5.00. The lowest BCUT2D eigenvalue weighted by Gasteiger charge is -2.10. The third kappa shape index (κ3) is 4.67. The Labute approximate surface area is 147 Å². The van der Waals surface area contributed by atoms with Crippen molar-refractivity contribution in [2.45, 2.75) is 0 Å². The van der Waals surface area contributed by atoms with Crippen LogP contribution in [0.15, 0.2) is 42.5 Å². The van der Waals surface area contributed by atoms with E-state index in [9.17, 15) is 4.79 Å². The molecule has 0 aliphatic carbocycles. The Morgan fingerprint density at radius 1 is 0.840 bits per heavy atom. The van der Waals surface area contributed by atoms with Crippen molar-refractivity contribution in [1.29, 1.82) is 0 Å². The number of carbonyl (C=O) groups is 1. The van der Waals surface area contributed by atoms with Crippen LogP contribution in [0.5, 0.6) is 23.0 Å². The van der Waals surface area contributed by atoms with Gasteiger partial charge in [-0.15, -0.1) is 0 Å². The Morgan fingerprint density at radius 3 is 2.04 bits per heavy atom. The number of hydrogen-bond donors (Lipinski definition) is 1. The minimum Gasteiger partial charge on any atom is -0.497 e. The van der Waals surface area contributed by atoms with E-state index in [1.807, 2.05) is 6.07 Å². The van der Waals surface area contributed by atoms with E-state index in [4.69, 9.17) is 18.9 Å². The highest BCUT2D eigenvalue weighted by Gasteiger charge is 2.08. The molecule has 2 aromatic rings. The molecule has 1 amide bonds. The fourth-order valence-corrected chi connectivity index (χ4v) is 2.20. The molecule has 0 heterocycles. The van der Waals surface area contributed by atoms with Gasteiger partial charge in [-0.05, 0) is 30.3 Å². The first kappa shape index (κ1) is 18.2. The molecule has 2 aromatic carbocycles. The Hall–Kier alpha value is -3.15. The van der Waals surface area contributed by atoms with Crippen LogP contribution >= 0.6 is 0 Å². The summed E-state index contributed by atoms with van der Waals surface area (Å²) in [6.07, 6.45) is 3.09. The van der Waals surface area contributed by atoms with E-state index in [0.29, 0.717) is 28.7 Å². The van der Waals surface area contributed by atoms with Crippen LogP contribution in [0.3, 0.4) is 0 Å². The molecule has 1 N–H and O–H groups in total. The molecule has 6 nitrogen and oxygen atoms in total. The van der Waals surface area contributed by atoms with Gasteiger partial charge in [-0.3, -0.25) is 4.79 Å². The van der Waals surface area contributed by atoms with Gasteiger partial charge in [0.15, 0.2) is 0 Å². The van der Waals surface area contributed by atoms with Gasteiger partial charge in [0.05, 0.1) is 34.1 Å². The molecule has 2 rings (SSSR count). The molecule has 0 bridgehead atoms. The fraction of sp³-hybridized carbons (Fsp3) is 0.211. The number of benzene rings is 2. The van der Waals surface area contributed by atoms with Crippen molar-refractivity contribution in [3.05, 3.63) is 48.0 Å². The van der Waals surface area contributed by atoms with Crippen molar-refractivity contribution >= 4 is 17.7 Å². The molecule has 0 unspecified atom stereocenters. The number of rotatable bonds is 7. The van der Waals surface area contributed by atoms with Crippen molar-refractivity contribution in [3.63, 3.8) is 0 Å². The lowest BCUT2D eigenvalue weighted by atomic mass is 10.1. The molecule has 0 saturated carbocycles. The lowest BCUT2D eigenvalue weighted by molar-refractivity contribution is -0.111. The van der Waals surface area contributed by atoms with Crippen LogP contribution in [0.2, 0.25) is 0 Å². The fourth-order valence-electron chi connectivity index (χ4n) is 2.20. The van der Waals surface area contributed by atoms with Gasteiger partial charge >= 0.3 is 0 Å². The van der Waals surface area contributed by atoms with Crippen LogP contribution in [-0.2, 0) is 4.79 Å². The maximum atomic E-state index is 12.2. The van der Waals surface area contributed by atoms with Crippen LogP contribution in [0.4, 0.5) is 5.69 Å². The van der Waals surface area contributed by atoms with E-state index in [0.717, 1.165) is 5.56 Å². The number of amides is 1. The van der Waals surface area contributed by atoms with Crippen LogP contribution in [0.1, 0.15) is 5.56 Å². The zero-order valence-electron chi connectivity index (χ0n) is 14.7. The van der Waals surface area contributed by atoms with E-state index >= 15 is 0 Å². The number of nitrogens with one attached hydrogen (secondary N) is 1. The largest absolute Gasteiger partial charge is 0.497 e. The van der Waals surface area contributed by atoms with Crippen molar-refractivity contribution in [2.24, 2.45) is 0 Å². The Morgan fingerprint density at radius 2 is 1.44 bits per heavy atom. The molecule has 6 heteroatoms. The third-order valence-electron chi connectivity index (χ3n) is 3.52. The predicted octanol–water partition coefficient (Wildman–Crippen LogP) is 3.37. The minimum absolute atomic E-state index is 0.290. The van der Waals surface area contributed by atoms with Crippen LogP contribution in [0.25, 0.3) is 6.08 Å². The van der Waals surface area contributed by atoms with Gasteiger partial charge in [-0.1, -0.05) is 0 Å². The standard InChI is InChI=1S/C19H21NO5/c1-22-14-7-5-13(17(11-14)24-3)6-10-19(21)20-16-9-8-15(23-2)12-18(16)25-4/h5-12H,1-4H3,(H,20,21)/b10-6+. The summed E-state index contributed by atoms with van der Waals surface area (Å²) in [6.45, 7) is 0. The number of carbonyl (C=O) groups excluding carboxylic acids is 1. The molecule has 0 spiro atoms. The molecule has 0 atom stereocenters. The minimum atomic E-state index is -0.290. The highest BCUT2D eigenvalue weighted by Crippen LogP contribution is 2.29. The molecule has 132 valence electrons. The summed E-state index contributed by atoms with van der Waals surface area (Å²) in [6, 6.07) is 10.5. The second-order valence-electron chi connectivity index (χ2n) is 5.00. The summed E-state index contributed by atoms with van der Waals surface area (Å²) >= 11 is 0. The van der Waals surface area contributed by atoms with Crippen molar-refractivity contribution in [2.75, 3.05) is 33.8 Å². The SMILES string of the molecule is COc1ccc(/C=C/C(=O)Nc2ccc(OC)cc2OC)c(OC)c1. The third-order valence-corrected chi connectivity index (χ3v) is 3.52. The summed E-state index contributed by atoms with van der Waals surface area (Å²) < 4.78 is 20.9. The van der Waals surface area contributed by atoms with Crippen LogP contribution < -0.4 is 24.3 Å². The number of methoxy groups -OCH3 is 4. The van der Waals surface area contributed by atoms with Crippen LogP contribution in [-0.4, -0.2) is 34.3 Å². The predicted molar refractivity (Wildman–Crippen MR) is 96.8 cm³/mol. The van der Waals surface area contributed by atoms with E-state index in [1.165, 1.54) is 13.2 Å². The summed E-state index contributed by atoms with van der Waals surface area (Å²) in [5, 5.41) is 2.77. The molecule has 0 aromatic heterocycles. The van der Waals surface area contributed by atoms with Gasteiger partial charge in [0.25, 0.3) is 0 Å². The monoisotopic (exact) mass is 343 g/mol. The van der Waals surface area contributed by atoms with Gasteiger partial charge < -0.3 is 24.3 Å². The van der Waals surface area contributed by atoms with Gasteiger partial charge in [0.2, 0.25) is 5.91 Å². The second kappa shape index (κ2) is 8.63.